The number of methoxy groups -OCH3 is 1. The number of esters is 1. The first-order valence-corrected chi connectivity index (χ1v) is 17.4. The third-order valence-electron chi connectivity index (χ3n) is 9.84. The molecule has 0 aliphatic carbocycles. The predicted molar refractivity (Wildman–Crippen MR) is 181 cm³/mol. The number of epoxide rings is 1. The molecule has 12 nitrogen and oxygen atoms in total. The maximum atomic E-state index is 13.2. The molecule has 2 saturated heterocycles. The number of piperazine rings is 1. The predicted octanol–water partition coefficient (Wildman–Crippen LogP) is 2.97. The standard InChI is InChI=1S/C36H60N2O10/c1-8-28(40)26(4)33-29(46-33)23-35(5,43)14-9-10-24(2)32-25(3)11-12-30(36(6,44)15-13-27(39)22-31(41)48-32)47-34(42)38-18-16-37(17-19-38)20-21-45-7/h9-12,14,25-30,32-33,39-40,43-44H,8,13,15-23H2,1-7H3/b12-11-,14-9+,24-10+. The largest absolute Gasteiger partial charge is 0.457 e. The average Bonchev–Trinajstić information content (AvgIpc) is 3.80. The van der Waals surface area contributed by atoms with Crippen LogP contribution in [0, 0.1) is 11.8 Å². The van der Waals surface area contributed by atoms with Crippen LogP contribution in [-0.2, 0) is 23.7 Å². The van der Waals surface area contributed by atoms with Crippen LogP contribution < -0.4 is 0 Å². The number of nitrogens with zero attached hydrogens (tertiary/aromatic N) is 2. The summed E-state index contributed by atoms with van der Waals surface area (Å²) in [6, 6.07) is 0. The molecule has 3 rings (SSSR count). The normalized spacial score (nSPS) is 34.4. The molecule has 2 fully saturated rings. The summed E-state index contributed by atoms with van der Waals surface area (Å²) in [4.78, 5) is 29.9. The van der Waals surface area contributed by atoms with Crippen molar-refractivity contribution in [3.05, 3.63) is 36.0 Å². The van der Waals surface area contributed by atoms with Gasteiger partial charge in [-0.05, 0) is 51.7 Å². The molecule has 1 amide bonds. The molecule has 12 heteroatoms. The van der Waals surface area contributed by atoms with Gasteiger partial charge in [-0.15, -0.1) is 0 Å². The zero-order valence-electron chi connectivity index (χ0n) is 29.9. The van der Waals surface area contributed by atoms with E-state index in [-0.39, 0.29) is 43.3 Å². The van der Waals surface area contributed by atoms with Crippen molar-refractivity contribution in [2.75, 3.05) is 46.4 Å². The van der Waals surface area contributed by atoms with Crippen molar-refractivity contribution in [1.82, 2.24) is 9.80 Å². The Morgan fingerprint density at radius 3 is 2.58 bits per heavy atom. The first-order valence-electron chi connectivity index (χ1n) is 17.4. The number of carbonyl (C=O) groups is 2. The Kier molecular flexibility index (Phi) is 15.1. The SMILES string of the molecule is CCC(O)C(C)C1OC1CC(C)(O)/C=C/C=C(\C)C1OC(=O)CC(O)CCC(C)(O)C(OC(=O)N2CCN(CCOC)CC2)/C=C\C1C. The van der Waals surface area contributed by atoms with Crippen molar-refractivity contribution in [2.24, 2.45) is 11.8 Å². The van der Waals surface area contributed by atoms with Gasteiger partial charge in [-0.3, -0.25) is 9.69 Å². The van der Waals surface area contributed by atoms with Crippen LogP contribution in [0.1, 0.15) is 73.6 Å². The highest BCUT2D eigenvalue weighted by Gasteiger charge is 2.47. The van der Waals surface area contributed by atoms with Crippen molar-refractivity contribution in [3.8, 4) is 0 Å². The average molecular weight is 681 g/mol. The highest BCUT2D eigenvalue weighted by atomic mass is 16.6. The summed E-state index contributed by atoms with van der Waals surface area (Å²) in [6.07, 6.45) is 5.59. The minimum Gasteiger partial charge on any atom is -0.457 e. The fourth-order valence-corrected chi connectivity index (χ4v) is 6.36. The van der Waals surface area contributed by atoms with Crippen molar-refractivity contribution in [2.45, 2.75) is 121 Å². The molecule has 0 radical (unpaired) electrons. The molecule has 10 unspecified atom stereocenters. The minimum absolute atomic E-state index is 0.0143. The van der Waals surface area contributed by atoms with Crippen molar-refractivity contribution in [1.29, 1.82) is 0 Å². The number of aliphatic hydroxyl groups is 4. The van der Waals surface area contributed by atoms with Gasteiger partial charge in [-0.1, -0.05) is 45.1 Å². The molecule has 0 saturated carbocycles. The van der Waals surface area contributed by atoms with Crippen LogP contribution in [0.2, 0.25) is 0 Å². The van der Waals surface area contributed by atoms with E-state index in [1.807, 2.05) is 27.7 Å². The van der Waals surface area contributed by atoms with Gasteiger partial charge in [0.15, 0.2) is 6.10 Å². The summed E-state index contributed by atoms with van der Waals surface area (Å²) in [6.45, 7) is 14.6. The zero-order valence-corrected chi connectivity index (χ0v) is 29.9. The topological polar surface area (TPSA) is 162 Å². The van der Waals surface area contributed by atoms with Gasteiger partial charge < -0.3 is 44.3 Å². The lowest BCUT2D eigenvalue weighted by molar-refractivity contribution is -0.151. The molecule has 3 aliphatic rings. The molecular formula is C36H60N2O10. The second-order valence-corrected chi connectivity index (χ2v) is 14.3. The van der Waals surface area contributed by atoms with E-state index in [2.05, 4.69) is 4.90 Å². The van der Waals surface area contributed by atoms with E-state index < -0.39 is 47.7 Å². The summed E-state index contributed by atoms with van der Waals surface area (Å²) in [7, 11) is 1.66. The molecule has 4 N–H and O–H groups in total. The number of amides is 1. The number of hydrogen-bond acceptors (Lipinski definition) is 11. The molecule has 0 spiro atoms. The molecule has 3 aliphatic heterocycles. The monoisotopic (exact) mass is 680 g/mol. The van der Waals surface area contributed by atoms with E-state index in [0.717, 1.165) is 6.54 Å². The van der Waals surface area contributed by atoms with E-state index in [1.165, 1.54) is 0 Å². The number of carbonyl (C=O) groups excluding carboxylic acids is 2. The highest BCUT2D eigenvalue weighted by molar-refractivity contribution is 5.70. The number of allylic oxidation sites excluding steroid dienone is 2. The third-order valence-corrected chi connectivity index (χ3v) is 9.84. The van der Waals surface area contributed by atoms with E-state index >= 15 is 0 Å². The molecule has 10 atom stereocenters. The Bertz CT molecular complexity index is 1130. The zero-order chi connectivity index (χ0) is 35.6. The van der Waals surface area contributed by atoms with Crippen LogP contribution in [0.4, 0.5) is 4.79 Å². The van der Waals surface area contributed by atoms with Crippen LogP contribution in [0.25, 0.3) is 0 Å². The maximum Gasteiger partial charge on any atom is 0.410 e. The Hall–Kier alpha value is -2.32. The van der Waals surface area contributed by atoms with Crippen LogP contribution >= 0.6 is 0 Å². The summed E-state index contributed by atoms with van der Waals surface area (Å²) in [5, 5.41) is 43.2. The molecule has 274 valence electrons. The number of cyclic esters (lactones) is 1. The minimum atomic E-state index is -1.50. The van der Waals surface area contributed by atoms with E-state index in [4.69, 9.17) is 18.9 Å². The van der Waals surface area contributed by atoms with Gasteiger partial charge in [0.05, 0.1) is 43.0 Å². The van der Waals surface area contributed by atoms with Gasteiger partial charge in [0.2, 0.25) is 0 Å². The second kappa shape index (κ2) is 18.1. The van der Waals surface area contributed by atoms with Crippen LogP contribution in [0.3, 0.4) is 0 Å². The maximum absolute atomic E-state index is 13.2. The molecule has 48 heavy (non-hydrogen) atoms. The van der Waals surface area contributed by atoms with Crippen molar-refractivity contribution in [3.63, 3.8) is 0 Å². The van der Waals surface area contributed by atoms with Gasteiger partial charge in [0.1, 0.15) is 11.7 Å². The smallest absolute Gasteiger partial charge is 0.410 e. The fourth-order valence-electron chi connectivity index (χ4n) is 6.36. The van der Waals surface area contributed by atoms with Gasteiger partial charge in [-0.25, -0.2) is 4.79 Å². The number of rotatable bonds is 12. The van der Waals surface area contributed by atoms with Gasteiger partial charge in [0, 0.05) is 58.1 Å². The number of ether oxygens (including phenoxy) is 4. The summed E-state index contributed by atoms with van der Waals surface area (Å²) >= 11 is 0. The van der Waals surface area contributed by atoms with Crippen LogP contribution in [-0.4, -0.2) is 137 Å². The number of hydrogen-bond donors (Lipinski definition) is 4. The molecule has 0 aromatic carbocycles. The Labute approximate surface area is 286 Å². The molecule has 3 heterocycles. The summed E-state index contributed by atoms with van der Waals surface area (Å²) in [5.41, 5.74) is -1.96. The Morgan fingerprint density at radius 2 is 1.94 bits per heavy atom. The van der Waals surface area contributed by atoms with E-state index in [9.17, 15) is 30.0 Å². The summed E-state index contributed by atoms with van der Waals surface area (Å²) < 4.78 is 22.6. The Morgan fingerprint density at radius 1 is 1.25 bits per heavy atom. The quantitative estimate of drug-likeness (QED) is 0.104. The molecular weight excluding hydrogens is 620 g/mol. The van der Waals surface area contributed by atoms with Gasteiger partial charge >= 0.3 is 12.1 Å². The van der Waals surface area contributed by atoms with E-state index in [0.29, 0.717) is 51.2 Å². The fraction of sp³-hybridized carbons (Fsp3) is 0.778. The van der Waals surface area contributed by atoms with Crippen LogP contribution in [0.5, 0.6) is 0 Å². The van der Waals surface area contributed by atoms with Crippen molar-refractivity contribution >= 4 is 12.1 Å². The first kappa shape index (κ1) is 40.1. The lowest BCUT2D eigenvalue weighted by Gasteiger charge is -2.37. The van der Waals surface area contributed by atoms with Gasteiger partial charge in [-0.2, -0.15) is 0 Å². The summed E-state index contributed by atoms with van der Waals surface area (Å²) in [5.74, 6) is -0.965. The highest BCUT2D eigenvalue weighted by Crippen LogP contribution is 2.37. The molecule has 0 aromatic heterocycles. The molecule has 0 bridgehead atoms. The van der Waals surface area contributed by atoms with Gasteiger partial charge in [0.25, 0.3) is 0 Å². The van der Waals surface area contributed by atoms with E-state index in [1.54, 1.807) is 56.2 Å². The third kappa shape index (κ3) is 12.2. The first-order chi connectivity index (χ1) is 22.6. The van der Waals surface area contributed by atoms with Crippen LogP contribution in [0.15, 0.2) is 36.0 Å². The van der Waals surface area contributed by atoms with Crippen molar-refractivity contribution < 1.29 is 49.0 Å². The second-order valence-electron chi connectivity index (χ2n) is 14.3. The number of aliphatic hydroxyl groups excluding tert-OH is 2. The Balaban J connectivity index is 1.72. The lowest BCUT2D eigenvalue weighted by atomic mass is 9.88. The lowest BCUT2D eigenvalue weighted by Crippen LogP contribution is -2.51. The molecule has 0 aromatic rings.